The van der Waals surface area contributed by atoms with Crippen LogP contribution in [0.4, 0.5) is 11.4 Å². The molecule has 0 aliphatic carbocycles. The van der Waals surface area contributed by atoms with Crippen LogP contribution in [0.3, 0.4) is 0 Å². The molecule has 5 heteroatoms. The van der Waals surface area contributed by atoms with E-state index in [4.69, 9.17) is 0 Å². The molecule has 0 spiro atoms. The second-order valence-corrected chi connectivity index (χ2v) is 4.85. The number of aliphatic hydroxyl groups is 1. The highest BCUT2D eigenvalue weighted by atomic mass is 16.6. The quantitative estimate of drug-likeness (QED) is 0.687. The zero-order valence-corrected chi connectivity index (χ0v) is 10.8. The molecule has 0 aromatic heterocycles. The Morgan fingerprint density at radius 2 is 1.80 bits per heavy atom. The lowest BCUT2D eigenvalue weighted by atomic mass is 10.1. The van der Waals surface area contributed by atoms with Gasteiger partial charge in [-0.05, 0) is 17.2 Å². The Morgan fingerprint density at radius 3 is 2.35 bits per heavy atom. The third-order valence-corrected chi connectivity index (χ3v) is 3.63. The van der Waals surface area contributed by atoms with Crippen LogP contribution in [0.1, 0.15) is 16.7 Å². The maximum atomic E-state index is 10.8. The van der Waals surface area contributed by atoms with Crippen LogP contribution < -0.4 is 4.90 Å². The summed E-state index contributed by atoms with van der Waals surface area (Å²) in [6, 6.07) is 12.8. The number of benzene rings is 2. The van der Waals surface area contributed by atoms with Gasteiger partial charge in [-0.3, -0.25) is 10.1 Å². The highest BCUT2D eigenvalue weighted by molar-refractivity contribution is 5.60. The molecule has 5 nitrogen and oxygen atoms in total. The zero-order valence-electron chi connectivity index (χ0n) is 10.8. The second kappa shape index (κ2) is 4.94. The number of rotatable bonds is 3. The molecule has 1 aliphatic rings. The van der Waals surface area contributed by atoms with Gasteiger partial charge in [-0.15, -0.1) is 0 Å². The van der Waals surface area contributed by atoms with Crippen molar-refractivity contribution < 1.29 is 10.0 Å². The molecule has 0 radical (unpaired) electrons. The van der Waals surface area contributed by atoms with Crippen LogP contribution in [-0.4, -0.2) is 10.0 Å². The highest BCUT2D eigenvalue weighted by Crippen LogP contribution is 2.32. The standard InChI is InChI=1S/C15H14N2O3/c18-10-13-7-14(17(19)20)5-6-15(13)16-8-11-3-1-2-4-12(11)9-16/h1-7,18H,8-10H2. The lowest BCUT2D eigenvalue weighted by molar-refractivity contribution is -0.384. The Labute approximate surface area is 116 Å². The molecule has 0 saturated heterocycles. The van der Waals surface area contributed by atoms with Crippen LogP contribution in [0.5, 0.6) is 0 Å². The molecule has 1 aliphatic heterocycles. The molecule has 2 aromatic rings. The first-order chi connectivity index (χ1) is 9.69. The van der Waals surface area contributed by atoms with Gasteiger partial charge in [0.15, 0.2) is 0 Å². The number of nitro groups is 1. The molecular formula is C15H14N2O3. The monoisotopic (exact) mass is 270 g/mol. The van der Waals surface area contributed by atoms with Crippen molar-refractivity contribution in [1.82, 2.24) is 0 Å². The van der Waals surface area contributed by atoms with E-state index in [2.05, 4.69) is 17.0 Å². The van der Waals surface area contributed by atoms with Crippen LogP contribution in [0, 0.1) is 10.1 Å². The Balaban J connectivity index is 1.94. The Bertz CT molecular complexity index is 645. The Hall–Kier alpha value is -2.40. The van der Waals surface area contributed by atoms with E-state index in [0.717, 1.165) is 18.8 Å². The van der Waals surface area contributed by atoms with Crippen molar-refractivity contribution >= 4 is 11.4 Å². The second-order valence-electron chi connectivity index (χ2n) is 4.85. The first kappa shape index (κ1) is 12.6. The van der Waals surface area contributed by atoms with Gasteiger partial charge >= 0.3 is 0 Å². The fraction of sp³-hybridized carbons (Fsp3) is 0.200. The van der Waals surface area contributed by atoms with Gasteiger partial charge in [0.1, 0.15) is 0 Å². The van der Waals surface area contributed by atoms with Crippen molar-refractivity contribution in [3.05, 3.63) is 69.3 Å². The number of nitrogens with zero attached hydrogens (tertiary/aromatic N) is 2. The van der Waals surface area contributed by atoms with E-state index < -0.39 is 4.92 Å². The minimum Gasteiger partial charge on any atom is -0.392 e. The number of hydrogen-bond acceptors (Lipinski definition) is 4. The first-order valence-corrected chi connectivity index (χ1v) is 6.39. The van der Waals surface area contributed by atoms with Crippen LogP contribution in [0.15, 0.2) is 42.5 Å². The minimum absolute atomic E-state index is 0.00881. The molecule has 0 unspecified atom stereocenters. The molecule has 1 N–H and O–H groups in total. The van der Waals surface area contributed by atoms with Crippen molar-refractivity contribution in [3.63, 3.8) is 0 Å². The average Bonchev–Trinajstić information content (AvgIpc) is 2.90. The smallest absolute Gasteiger partial charge is 0.269 e. The lowest BCUT2D eigenvalue weighted by Gasteiger charge is -2.20. The van der Waals surface area contributed by atoms with E-state index in [9.17, 15) is 15.2 Å². The molecular weight excluding hydrogens is 256 g/mol. The fourth-order valence-corrected chi connectivity index (χ4v) is 2.62. The third-order valence-electron chi connectivity index (χ3n) is 3.63. The van der Waals surface area contributed by atoms with E-state index in [-0.39, 0.29) is 12.3 Å². The maximum absolute atomic E-state index is 10.8. The van der Waals surface area contributed by atoms with E-state index >= 15 is 0 Å². The van der Waals surface area contributed by atoms with Crippen LogP contribution in [0.25, 0.3) is 0 Å². The van der Waals surface area contributed by atoms with Gasteiger partial charge in [-0.2, -0.15) is 0 Å². The predicted octanol–water partition coefficient (Wildman–Crippen LogP) is 2.61. The van der Waals surface area contributed by atoms with Crippen molar-refractivity contribution in [3.8, 4) is 0 Å². The predicted molar refractivity (Wildman–Crippen MR) is 75.3 cm³/mol. The molecule has 1 heterocycles. The van der Waals surface area contributed by atoms with Gasteiger partial charge in [0.2, 0.25) is 0 Å². The normalized spacial score (nSPS) is 13.3. The molecule has 0 amide bonds. The largest absolute Gasteiger partial charge is 0.392 e. The van der Waals surface area contributed by atoms with Crippen molar-refractivity contribution in [2.45, 2.75) is 19.7 Å². The zero-order chi connectivity index (χ0) is 14.1. The molecule has 20 heavy (non-hydrogen) atoms. The van der Waals surface area contributed by atoms with Gasteiger partial charge in [-0.25, -0.2) is 0 Å². The van der Waals surface area contributed by atoms with Gasteiger partial charge < -0.3 is 10.0 Å². The molecule has 3 rings (SSSR count). The molecule has 0 fully saturated rings. The van der Waals surface area contributed by atoms with Crippen LogP contribution >= 0.6 is 0 Å². The maximum Gasteiger partial charge on any atom is 0.269 e. The number of nitro benzene ring substituents is 1. The molecule has 0 saturated carbocycles. The minimum atomic E-state index is -0.443. The van der Waals surface area contributed by atoms with E-state index in [1.54, 1.807) is 6.07 Å². The first-order valence-electron chi connectivity index (χ1n) is 6.39. The molecule has 0 atom stereocenters. The van der Waals surface area contributed by atoms with E-state index in [1.807, 2.05) is 12.1 Å². The lowest BCUT2D eigenvalue weighted by Crippen LogP contribution is -2.16. The van der Waals surface area contributed by atoms with Gasteiger partial charge in [-0.1, -0.05) is 24.3 Å². The van der Waals surface area contributed by atoms with E-state index in [0.29, 0.717) is 5.56 Å². The average molecular weight is 270 g/mol. The summed E-state index contributed by atoms with van der Waals surface area (Å²) in [4.78, 5) is 12.5. The number of fused-ring (bicyclic) bond motifs is 1. The Morgan fingerprint density at radius 1 is 1.15 bits per heavy atom. The summed E-state index contributed by atoms with van der Waals surface area (Å²) in [7, 11) is 0. The van der Waals surface area contributed by atoms with Crippen LogP contribution in [0.2, 0.25) is 0 Å². The molecule has 0 bridgehead atoms. The topological polar surface area (TPSA) is 66.6 Å². The summed E-state index contributed by atoms with van der Waals surface area (Å²) in [6.07, 6.45) is 0. The highest BCUT2D eigenvalue weighted by Gasteiger charge is 2.21. The number of anilines is 1. The van der Waals surface area contributed by atoms with Crippen molar-refractivity contribution in [1.29, 1.82) is 0 Å². The van der Waals surface area contributed by atoms with Gasteiger partial charge in [0, 0.05) is 36.5 Å². The summed E-state index contributed by atoms with van der Waals surface area (Å²) in [6.45, 7) is 1.33. The van der Waals surface area contributed by atoms with Gasteiger partial charge in [0.05, 0.1) is 11.5 Å². The summed E-state index contributed by atoms with van der Waals surface area (Å²) < 4.78 is 0. The number of non-ortho nitro benzene ring substituents is 1. The summed E-state index contributed by atoms with van der Waals surface area (Å²) in [5, 5.41) is 20.2. The van der Waals surface area contributed by atoms with Gasteiger partial charge in [0.25, 0.3) is 5.69 Å². The summed E-state index contributed by atoms with van der Waals surface area (Å²) in [5.41, 5.74) is 3.97. The number of hydrogen-bond donors (Lipinski definition) is 1. The number of aliphatic hydroxyl groups excluding tert-OH is 1. The molecule has 102 valence electrons. The van der Waals surface area contributed by atoms with E-state index in [1.165, 1.54) is 23.3 Å². The third kappa shape index (κ3) is 2.12. The SMILES string of the molecule is O=[N+]([O-])c1ccc(N2Cc3ccccc3C2)c(CO)c1. The summed E-state index contributed by atoms with van der Waals surface area (Å²) >= 11 is 0. The van der Waals surface area contributed by atoms with Crippen molar-refractivity contribution in [2.24, 2.45) is 0 Å². The van der Waals surface area contributed by atoms with Crippen LogP contribution in [-0.2, 0) is 19.7 Å². The van der Waals surface area contributed by atoms with Crippen molar-refractivity contribution in [2.75, 3.05) is 4.90 Å². The fourth-order valence-electron chi connectivity index (χ4n) is 2.62. The Kier molecular flexibility index (Phi) is 3.12. The summed E-state index contributed by atoms with van der Waals surface area (Å²) in [5.74, 6) is 0. The molecule has 2 aromatic carbocycles.